The molecule has 1 fully saturated rings. The molecular weight excluding hydrogens is 256 g/mol. The molecule has 1 aliphatic rings. The Morgan fingerprint density at radius 1 is 1.10 bits per heavy atom. The summed E-state index contributed by atoms with van der Waals surface area (Å²) in [6.45, 7) is 13.9. The fourth-order valence-electron chi connectivity index (χ4n) is 3.40. The first kappa shape index (κ1) is 16.5. The van der Waals surface area contributed by atoms with Crippen molar-refractivity contribution in [1.29, 1.82) is 0 Å². The first-order valence-corrected chi connectivity index (χ1v) is 8.68. The third-order valence-corrected chi connectivity index (χ3v) is 4.88. The van der Waals surface area contributed by atoms with Crippen LogP contribution < -0.4 is 5.32 Å². The summed E-state index contributed by atoms with van der Waals surface area (Å²) in [5, 5.41) is 3.67. The van der Waals surface area contributed by atoms with Crippen molar-refractivity contribution in [3.05, 3.63) is 35.4 Å². The van der Waals surface area contributed by atoms with Crippen molar-refractivity contribution in [1.82, 2.24) is 10.2 Å². The number of likely N-dealkylation sites (tertiary alicyclic amines) is 1. The van der Waals surface area contributed by atoms with Crippen LogP contribution in [0.4, 0.5) is 0 Å². The summed E-state index contributed by atoms with van der Waals surface area (Å²) in [7, 11) is 0. The average Bonchev–Trinajstić information content (AvgIpc) is 2.78. The first-order valence-electron chi connectivity index (χ1n) is 8.68. The fraction of sp³-hybridized carbons (Fsp3) is 0.684. The molecule has 1 aromatic rings. The molecule has 2 rings (SSSR count). The molecule has 0 bridgehead atoms. The second kappa shape index (κ2) is 7.95. The number of benzene rings is 1. The van der Waals surface area contributed by atoms with Gasteiger partial charge in [0, 0.05) is 25.7 Å². The van der Waals surface area contributed by atoms with Crippen LogP contribution >= 0.6 is 0 Å². The number of rotatable bonds is 7. The average molecular weight is 288 g/mol. The lowest BCUT2D eigenvalue weighted by atomic mass is 10.0. The molecule has 3 atom stereocenters. The SMILES string of the molecule is CCCc1ccc(C(CN2CC(C)C(C)C2)NCC)cc1. The van der Waals surface area contributed by atoms with Crippen molar-refractivity contribution < 1.29 is 0 Å². The second-order valence-corrected chi connectivity index (χ2v) is 6.77. The summed E-state index contributed by atoms with van der Waals surface area (Å²) in [4.78, 5) is 2.63. The van der Waals surface area contributed by atoms with Gasteiger partial charge in [-0.05, 0) is 35.9 Å². The van der Waals surface area contributed by atoms with Crippen LogP contribution in [0.5, 0.6) is 0 Å². The molecule has 21 heavy (non-hydrogen) atoms. The number of likely N-dealkylation sites (N-methyl/N-ethyl adjacent to an activating group) is 1. The minimum absolute atomic E-state index is 0.461. The van der Waals surface area contributed by atoms with Crippen LogP contribution in [0.2, 0.25) is 0 Å². The number of hydrogen-bond donors (Lipinski definition) is 1. The third kappa shape index (κ3) is 4.55. The fourth-order valence-corrected chi connectivity index (χ4v) is 3.40. The van der Waals surface area contributed by atoms with Gasteiger partial charge in [0.15, 0.2) is 0 Å². The molecule has 1 N–H and O–H groups in total. The maximum Gasteiger partial charge on any atom is 0.0449 e. The van der Waals surface area contributed by atoms with Crippen LogP contribution in [0.25, 0.3) is 0 Å². The van der Waals surface area contributed by atoms with Gasteiger partial charge in [0.1, 0.15) is 0 Å². The number of nitrogens with zero attached hydrogens (tertiary/aromatic N) is 1. The van der Waals surface area contributed by atoms with E-state index < -0.39 is 0 Å². The summed E-state index contributed by atoms with van der Waals surface area (Å²) >= 11 is 0. The molecule has 0 radical (unpaired) electrons. The smallest absolute Gasteiger partial charge is 0.0449 e. The summed E-state index contributed by atoms with van der Waals surface area (Å²) < 4.78 is 0. The predicted molar refractivity (Wildman–Crippen MR) is 91.6 cm³/mol. The number of aryl methyl sites for hydroxylation is 1. The molecule has 2 nitrogen and oxygen atoms in total. The van der Waals surface area contributed by atoms with E-state index in [9.17, 15) is 0 Å². The lowest BCUT2D eigenvalue weighted by molar-refractivity contribution is 0.283. The van der Waals surface area contributed by atoms with E-state index in [1.807, 2.05) is 0 Å². The maximum absolute atomic E-state index is 3.67. The number of hydrogen-bond acceptors (Lipinski definition) is 2. The van der Waals surface area contributed by atoms with Gasteiger partial charge in [0.2, 0.25) is 0 Å². The topological polar surface area (TPSA) is 15.3 Å². The lowest BCUT2D eigenvalue weighted by Gasteiger charge is -2.25. The van der Waals surface area contributed by atoms with Gasteiger partial charge >= 0.3 is 0 Å². The largest absolute Gasteiger partial charge is 0.309 e. The highest BCUT2D eigenvalue weighted by atomic mass is 15.2. The van der Waals surface area contributed by atoms with Gasteiger partial charge in [0.25, 0.3) is 0 Å². The zero-order chi connectivity index (χ0) is 15.2. The zero-order valence-electron chi connectivity index (χ0n) is 14.2. The maximum atomic E-state index is 3.67. The molecule has 0 aliphatic carbocycles. The standard InChI is InChI=1S/C19H32N2/c1-5-7-17-8-10-18(11-9-17)19(20-6-2)14-21-12-15(3)16(4)13-21/h8-11,15-16,19-20H,5-7,12-14H2,1-4H3. The van der Waals surface area contributed by atoms with Gasteiger partial charge in [-0.1, -0.05) is 58.4 Å². The molecule has 0 amide bonds. The summed E-state index contributed by atoms with van der Waals surface area (Å²) in [6, 6.07) is 9.71. The molecule has 1 heterocycles. The Morgan fingerprint density at radius 3 is 2.24 bits per heavy atom. The van der Waals surface area contributed by atoms with E-state index in [-0.39, 0.29) is 0 Å². The molecule has 1 saturated heterocycles. The van der Waals surface area contributed by atoms with E-state index in [1.54, 1.807) is 0 Å². The minimum Gasteiger partial charge on any atom is -0.309 e. The van der Waals surface area contributed by atoms with Gasteiger partial charge in [-0.15, -0.1) is 0 Å². The quantitative estimate of drug-likeness (QED) is 0.819. The molecule has 3 unspecified atom stereocenters. The predicted octanol–water partition coefficient (Wildman–Crippen LogP) is 3.88. The van der Waals surface area contributed by atoms with Crippen molar-refractivity contribution in [3.63, 3.8) is 0 Å². The Morgan fingerprint density at radius 2 is 1.71 bits per heavy atom. The van der Waals surface area contributed by atoms with Crippen molar-refractivity contribution >= 4 is 0 Å². The molecule has 1 aromatic carbocycles. The van der Waals surface area contributed by atoms with Gasteiger partial charge in [-0.3, -0.25) is 0 Å². The Kier molecular flexibility index (Phi) is 6.25. The minimum atomic E-state index is 0.461. The van der Waals surface area contributed by atoms with Crippen molar-refractivity contribution in [3.8, 4) is 0 Å². The van der Waals surface area contributed by atoms with Crippen LogP contribution in [0, 0.1) is 11.8 Å². The highest BCUT2D eigenvalue weighted by Gasteiger charge is 2.27. The Labute approximate surface area is 130 Å². The van der Waals surface area contributed by atoms with E-state index in [2.05, 4.69) is 62.2 Å². The zero-order valence-corrected chi connectivity index (χ0v) is 14.2. The van der Waals surface area contributed by atoms with Crippen molar-refractivity contribution in [2.24, 2.45) is 11.8 Å². The van der Waals surface area contributed by atoms with Gasteiger partial charge in [-0.2, -0.15) is 0 Å². The van der Waals surface area contributed by atoms with Gasteiger partial charge in [-0.25, -0.2) is 0 Å². The molecule has 2 heteroatoms. The Hall–Kier alpha value is -0.860. The van der Waals surface area contributed by atoms with Gasteiger partial charge < -0.3 is 10.2 Å². The van der Waals surface area contributed by atoms with Crippen LogP contribution in [0.15, 0.2) is 24.3 Å². The van der Waals surface area contributed by atoms with E-state index in [4.69, 9.17) is 0 Å². The highest BCUT2D eigenvalue weighted by molar-refractivity contribution is 5.25. The molecular formula is C19H32N2. The molecule has 118 valence electrons. The van der Waals surface area contributed by atoms with Crippen LogP contribution in [-0.4, -0.2) is 31.1 Å². The first-order chi connectivity index (χ1) is 10.1. The van der Waals surface area contributed by atoms with Crippen LogP contribution in [0.3, 0.4) is 0 Å². The molecule has 0 spiro atoms. The molecule has 0 aromatic heterocycles. The van der Waals surface area contributed by atoms with Crippen molar-refractivity contribution in [2.75, 3.05) is 26.2 Å². The Balaban J connectivity index is 2.01. The highest BCUT2D eigenvalue weighted by Crippen LogP contribution is 2.25. The van der Waals surface area contributed by atoms with E-state index >= 15 is 0 Å². The molecule has 1 aliphatic heterocycles. The van der Waals surface area contributed by atoms with Crippen molar-refractivity contribution in [2.45, 2.75) is 46.6 Å². The summed E-state index contributed by atoms with van der Waals surface area (Å²) in [5.41, 5.74) is 2.89. The normalized spacial score (nSPS) is 24.4. The lowest BCUT2D eigenvalue weighted by Crippen LogP contribution is -2.34. The van der Waals surface area contributed by atoms with Crippen LogP contribution in [-0.2, 0) is 6.42 Å². The third-order valence-electron chi connectivity index (χ3n) is 4.88. The monoisotopic (exact) mass is 288 g/mol. The number of nitrogens with one attached hydrogen (secondary N) is 1. The summed E-state index contributed by atoms with van der Waals surface area (Å²) in [5.74, 6) is 1.67. The summed E-state index contributed by atoms with van der Waals surface area (Å²) in [6.07, 6.45) is 2.41. The van der Waals surface area contributed by atoms with E-state index in [1.165, 1.54) is 37.1 Å². The Bertz CT molecular complexity index is 402. The van der Waals surface area contributed by atoms with E-state index in [0.717, 1.165) is 24.9 Å². The second-order valence-electron chi connectivity index (χ2n) is 6.77. The molecule has 0 saturated carbocycles. The van der Waals surface area contributed by atoms with E-state index in [0.29, 0.717) is 6.04 Å². The van der Waals surface area contributed by atoms with Crippen LogP contribution in [0.1, 0.15) is 51.3 Å². The van der Waals surface area contributed by atoms with Gasteiger partial charge in [0.05, 0.1) is 0 Å².